The molecule has 6 nitrogen and oxygen atoms in total. The minimum absolute atomic E-state index is 0.110. The van der Waals surface area contributed by atoms with Gasteiger partial charge in [-0.2, -0.15) is 0 Å². The molecule has 1 aliphatic carbocycles. The molecule has 0 saturated heterocycles. The molecule has 1 N–H and O–H groups in total. The van der Waals surface area contributed by atoms with Crippen LogP contribution >= 0.6 is 0 Å². The van der Waals surface area contributed by atoms with Crippen molar-refractivity contribution in [3.63, 3.8) is 0 Å². The standard InChI is InChI=1S/C16H21N5O/c1-11-8-13(16(22)19-12-6-4-3-5-7-12)20-15(18-11)14-9-17-10-21(14)2/h8-10,12H,3-7H2,1-2H3,(H,19,22). The Bertz CT molecular complexity index is 673. The van der Waals surface area contributed by atoms with Gasteiger partial charge in [-0.15, -0.1) is 0 Å². The number of amides is 1. The van der Waals surface area contributed by atoms with Crippen LogP contribution in [0.3, 0.4) is 0 Å². The summed E-state index contributed by atoms with van der Waals surface area (Å²) in [6.45, 7) is 1.87. The number of nitrogens with one attached hydrogen (secondary N) is 1. The molecule has 2 heterocycles. The van der Waals surface area contributed by atoms with E-state index in [1.807, 2.05) is 18.5 Å². The summed E-state index contributed by atoms with van der Waals surface area (Å²) in [7, 11) is 1.88. The average molecular weight is 299 g/mol. The summed E-state index contributed by atoms with van der Waals surface area (Å²) in [4.78, 5) is 25.4. The Hall–Kier alpha value is -2.24. The molecule has 1 fully saturated rings. The Balaban J connectivity index is 1.82. The largest absolute Gasteiger partial charge is 0.348 e. The second-order valence-corrected chi connectivity index (χ2v) is 5.92. The SMILES string of the molecule is Cc1cc(C(=O)NC2CCCCC2)nc(-c2cncn2C)n1. The highest BCUT2D eigenvalue weighted by Crippen LogP contribution is 2.18. The van der Waals surface area contributed by atoms with Gasteiger partial charge in [-0.05, 0) is 25.8 Å². The summed E-state index contributed by atoms with van der Waals surface area (Å²) in [6.07, 6.45) is 9.17. The van der Waals surface area contributed by atoms with E-state index in [0.29, 0.717) is 11.5 Å². The fraction of sp³-hybridized carbons (Fsp3) is 0.500. The molecular formula is C16H21N5O. The first-order chi connectivity index (χ1) is 10.6. The zero-order valence-electron chi connectivity index (χ0n) is 13.0. The topological polar surface area (TPSA) is 72.7 Å². The van der Waals surface area contributed by atoms with E-state index in [1.165, 1.54) is 19.3 Å². The second-order valence-electron chi connectivity index (χ2n) is 5.92. The number of carbonyl (C=O) groups excluding carboxylic acids is 1. The van der Waals surface area contributed by atoms with Crippen molar-refractivity contribution in [3.8, 4) is 11.5 Å². The second kappa shape index (κ2) is 6.25. The lowest BCUT2D eigenvalue weighted by Gasteiger charge is -2.22. The van der Waals surface area contributed by atoms with Crippen molar-refractivity contribution in [2.24, 2.45) is 7.05 Å². The van der Waals surface area contributed by atoms with Gasteiger partial charge in [-0.25, -0.2) is 15.0 Å². The van der Waals surface area contributed by atoms with Crippen LogP contribution in [0.4, 0.5) is 0 Å². The lowest BCUT2D eigenvalue weighted by atomic mass is 9.95. The third kappa shape index (κ3) is 3.16. The van der Waals surface area contributed by atoms with Gasteiger partial charge in [-0.1, -0.05) is 19.3 Å². The van der Waals surface area contributed by atoms with Crippen LogP contribution in [0.5, 0.6) is 0 Å². The third-order valence-corrected chi connectivity index (χ3v) is 4.07. The van der Waals surface area contributed by atoms with E-state index in [1.54, 1.807) is 18.6 Å². The summed E-state index contributed by atoms with van der Waals surface area (Å²) >= 11 is 0. The van der Waals surface area contributed by atoms with Crippen LogP contribution < -0.4 is 5.32 Å². The lowest BCUT2D eigenvalue weighted by Crippen LogP contribution is -2.36. The first-order valence-corrected chi connectivity index (χ1v) is 7.77. The van der Waals surface area contributed by atoms with Gasteiger partial charge in [0, 0.05) is 18.8 Å². The summed E-state index contributed by atoms with van der Waals surface area (Å²) < 4.78 is 1.84. The monoisotopic (exact) mass is 299 g/mol. The van der Waals surface area contributed by atoms with Crippen molar-refractivity contribution in [2.75, 3.05) is 0 Å². The van der Waals surface area contributed by atoms with Crippen LogP contribution in [0.25, 0.3) is 11.5 Å². The Kier molecular flexibility index (Phi) is 4.18. The number of imidazole rings is 1. The van der Waals surface area contributed by atoms with Gasteiger partial charge in [0.1, 0.15) is 11.4 Å². The smallest absolute Gasteiger partial charge is 0.270 e. The van der Waals surface area contributed by atoms with E-state index in [0.717, 1.165) is 24.2 Å². The zero-order chi connectivity index (χ0) is 15.5. The highest BCUT2D eigenvalue weighted by atomic mass is 16.1. The van der Waals surface area contributed by atoms with E-state index in [2.05, 4.69) is 20.3 Å². The van der Waals surface area contributed by atoms with Crippen LogP contribution in [0.1, 0.15) is 48.3 Å². The zero-order valence-corrected chi connectivity index (χ0v) is 13.0. The molecule has 1 saturated carbocycles. The molecule has 0 spiro atoms. The number of aryl methyl sites for hydroxylation is 2. The molecule has 0 radical (unpaired) electrons. The molecular weight excluding hydrogens is 278 g/mol. The van der Waals surface area contributed by atoms with Crippen molar-refractivity contribution in [2.45, 2.75) is 45.1 Å². The predicted octanol–water partition coefficient (Wildman–Crippen LogP) is 2.25. The van der Waals surface area contributed by atoms with Crippen molar-refractivity contribution in [3.05, 3.63) is 30.0 Å². The maximum atomic E-state index is 12.4. The van der Waals surface area contributed by atoms with E-state index >= 15 is 0 Å². The molecule has 22 heavy (non-hydrogen) atoms. The van der Waals surface area contributed by atoms with E-state index in [-0.39, 0.29) is 11.9 Å². The minimum Gasteiger partial charge on any atom is -0.348 e. The maximum Gasteiger partial charge on any atom is 0.270 e. The summed E-state index contributed by atoms with van der Waals surface area (Å²) in [5.41, 5.74) is 2.00. The minimum atomic E-state index is -0.110. The molecule has 0 aliphatic heterocycles. The molecule has 0 aromatic carbocycles. The van der Waals surface area contributed by atoms with Crippen molar-refractivity contribution < 1.29 is 4.79 Å². The Morgan fingerprint density at radius 1 is 1.27 bits per heavy atom. The molecule has 3 rings (SSSR count). The first-order valence-electron chi connectivity index (χ1n) is 7.77. The van der Waals surface area contributed by atoms with Crippen molar-refractivity contribution in [1.29, 1.82) is 0 Å². The Morgan fingerprint density at radius 3 is 2.73 bits per heavy atom. The third-order valence-electron chi connectivity index (χ3n) is 4.07. The van der Waals surface area contributed by atoms with Crippen molar-refractivity contribution >= 4 is 5.91 Å². The highest BCUT2D eigenvalue weighted by molar-refractivity contribution is 5.92. The lowest BCUT2D eigenvalue weighted by molar-refractivity contribution is 0.0922. The fourth-order valence-electron chi connectivity index (χ4n) is 2.88. The molecule has 116 valence electrons. The first kappa shape index (κ1) is 14.7. The highest BCUT2D eigenvalue weighted by Gasteiger charge is 2.19. The van der Waals surface area contributed by atoms with Gasteiger partial charge in [-0.3, -0.25) is 4.79 Å². The van der Waals surface area contributed by atoms with E-state index in [4.69, 9.17) is 0 Å². The molecule has 1 aliphatic rings. The van der Waals surface area contributed by atoms with Crippen molar-refractivity contribution in [1.82, 2.24) is 24.8 Å². The summed E-state index contributed by atoms with van der Waals surface area (Å²) in [5.74, 6) is 0.426. The molecule has 0 unspecified atom stereocenters. The van der Waals surface area contributed by atoms with Crippen LogP contribution in [0.2, 0.25) is 0 Å². The van der Waals surface area contributed by atoms with Crippen LogP contribution in [-0.4, -0.2) is 31.5 Å². The van der Waals surface area contributed by atoms with E-state index < -0.39 is 0 Å². The van der Waals surface area contributed by atoms with Crippen LogP contribution in [0.15, 0.2) is 18.6 Å². The van der Waals surface area contributed by atoms with E-state index in [9.17, 15) is 4.79 Å². The molecule has 6 heteroatoms. The normalized spacial score (nSPS) is 15.7. The predicted molar refractivity (Wildman–Crippen MR) is 83.3 cm³/mol. The number of aromatic nitrogens is 4. The molecule has 2 aromatic rings. The van der Waals surface area contributed by atoms with Gasteiger partial charge in [0.25, 0.3) is 5.91 Å². The quantitative estimate of drug-likeness (QED) is 0.943. The van der Waals surface area contributed by atoms with Gasteiger partial charge in [0.05, 0.1) is 12.5 Å². The molecule has 1 amide bonds. The Morgan fingerprint density at radius 2 is 2.05 bits per heavy atom. The van der Waals surface area contributed by atoms with Gasteiger partial charge in [0.2, 0.25) is 0 Å². The molecule has 2 aromatic heterocycles. The summed E-state index contributed by atoms with van der Waals surface area (Å²) in [6, 6.07) is 2.01. The average Bonchev–Trinajstić information content (AvgIpc) is 2.94. The number of hydrogen-bond acceptors (Lipinski definition) is 4. The Labute approximate surface area is 130 Å². The number of hydrogen-bond donors (Lipinski definition) is 1. The van der Waals surface area contributed by atoms with Gasteiger partial charge >= 0.3 is 0 Å². The van der Waals surface area contributed by atoms with Crippen LogP contribution in [0, 0.1) is 6.92 Å². The number of rotatable bonds is 3. The summed E-state index contributed by atoms with van der Waals surface area (Å²) in [5, 5.41) is 3.10. The maximum absolute atomic E-state index is 12.4. The number of nitrogens with zero attached hydrogens (tertiary/aromatic N) is 4. The number of carbonyl (C=O) groups is 1. The fourth-order valence-corrected chi connectivity index (χ4v) is 2.88. The molecule has 0 bridgehead atoms. The molecule has 0 atom stereocenters. The van der Waals surface area contributed by atoms with Gasteiger partial charge < -0.3 is 9.88 Å². The van der Waals surface area contributed by atoms with Gasteiger partial charge in [0.15, 0.2) is 5.82 Å². The van der Waals surface area contributed by atoms with Crippen LogP contribution in [-0.2, 0) is 7.05 Å².